The third-order valence-electron chi connectivity index (χ3n) is 5.84. The van der Waals surface area contributed by atoms with E-state index in [9.17, 15) is 4.57 Å². The highest BCUT2D eigenvalue weighted by Crippen LogP contribution is 2.72. The van der Waals surface area contributed by atoms with Gasteiger partial charge in [-0.2, -0.15) is 0 Å². The van der Waals surface area contributed by atoms with Crippen molar-refractivity contribution >= 4 is 28.5 Å². The van der Waals surface area contributed by atoms with Crippen LogP contribution in [0.25, 0.3) is 0 Å². The SMILES string of the molecule is CCCCCCCS(CC)(CC)OP(=O)(F)OS(CC)(CC)CCCCCCC. The molecule has 0 amide bonds. The molecule has 0 radical (unpaired) electrons. The van der Waals surface area contributed by atoms with Gasteiger partial charge in [0, 0.05) is 0 Å². The van der Waals surface area contributed by atoms with Gasteiger partial charge in [0.2, 0.25) is 0 Å². The topological polar surface area (TPSA) is 35.5 Å². The van der Waals surface area contributed by atoms with Gasteiger partial charge in [-0.1, -0.05) is 92.9 Å². The van der Waals surface area contributed by atoms with Crippen molar-refractivity contribution < 1.29 is 16.7 Å². The van der Waals surface area contributed by atoms with Gasteiger partial charge in [0.1, 0.15) is 0 Å². The summed E-state index contributed by atoms with van der Waals surface area (Å²) >= 11 is 0. The van der Waals surface area contributed by atoms with Crippen LogP contribution in [0.4, 0.5) is 4.20 Å². The van der Waals surface area contributed by atoms with E-state index in [1.165, 1.54) is 38.5 Å². The van der Waals surface area contributed by atoms with E-state index in [0.29, 0.717) is 0 Å². The van der Waals surface area contributed by atoms with Gasteiger partial charge in [-0.05, 0) is 47.4 Å². The van der Waals surface area contributed by atoms with E-state index in [1.807, 2.05) is 27.7 Å². The monoisotopic (exact) mass is 476 g/mol. The molecule has 0 aliphatic rings. The number of halogens is 1. The lowest BCUT2D eigenvalue weighted by atomic mass is 10.2. The van der Waals surface area contributed by atoms with Crippen LogP contribution in [0.2, 0.25) is 0 Å². The Bertz CT molecular complexity index is 408. The fourth-order valence-corrected chi connectivity index (χ4v) is 12.7. The molecule has 0 N–H and O–H groups in total. The van der Waals surface area contributed by atoms with Crippen LogP contribution in [0.15, 0.2) is 0 Å². The summed E-state index contributed by atoms with van der Waals surface area (Å²) in [5, 5.41) is 0. The van der Waals surface area contributed by atoms with Crippen molar-refractivity contribution in [1.82, 2.24) is 0 Å². The lowest BCUT2D eigenvalue weighted by Crippen LogP contribution is -2.17. The first-order valence-corrected chi connectivity index (χ1v) is 17.6. The average molecular weight is 477 g/mol. The summed E-state index contributed by atoms with van der Waals surface area (Å²) in [6.07, 6.45) is 11.6. The predicted molar refractivity (Wildman–Crippen MR) is 135 cm³/mol. The summed E-state index contributed by atoms with van der Waals surface area (Å²) in [5.41, 5.74) is 0. The Hall–Kier alpha value is 0.780. The molecule has 0 aromatic heterocycles. The molecule has 0 saturated heterocycles. The fraction of sp³-hybridized carbons (Fsp3) is 1.00. The Morgan fingerprint density at radius 3 is 1.17 bits per heavy atom. The zero-order chi connectivity index (χ0) is 22.2. The van der Waals surface area contributed by atoms with Crippen molar-refractivity contribution in [2.45, 2.75) is 106 Å². The standard InChI is InChI=1S/C22H50FO3PS2/c1-7-13-15-17-19-21-28(9-3,10-4)25-27(23,24)26-29(11-5,12-6)22-20-18-16-14-8-2/h7-22H2,1-6H3. The summed E-state index contributed by atoms with van der Waals surface area (Å²) < 4.78 is 39.7. The lowest BCUT2D eigenvalue weighted by Gasteiger charge is -2.42. The maximum atomic E-state index is 15.2. The highest BCUT2D eigenvalue weighted by atomic mass is 32.3. The smallest absolute Gasteiger partial charge is 0.233 e. The van der Waals surface area contributed by atoms with Crippen LogP contribution in [-0.2, 0) is 12.5 Å². The summed E-state index contributed by atoms with van der Waals surface area (Å²) in [6, 6.07) is 0. The van der Waals surface area contributed by atoms with Gasteiger partial charge in [-0.15, -0.1) is 24.8 Å². The first-order chi connectivity index (χ1) is 13.8. The highest BCUT2D eigenvalue weighted by Gasteiger charge is 2.40. The molecule has 180 valence electrons. The molecule has 0 atom stereocenters. The van der Waals surface area contributed by atoms with Crippen LogP contribution >= 0.6 is 28.5 Å². The van der Waals surface area contributed by atoms with Crippen molar-refractivity contribution in [3.05, 3.63) is 0 Å². The van der Waals surface area contributed by atoms with Crippen molar-refractivity contribution in [1.29, 1.82) is 0 Å². The zero-order valence-corrected chi connectivity index (χ0v) is 22.7. The van der Waals surface area contributed by atoms with Crippen molar-refractivity contribution in [3.63, 3.8) is 0 Å². The molecular weight excluding hydrogens is 426 g/mol. The van der Waals surface area contributed by atoms with Crippen LogP contribution in [-0.4, -0.2) is 34.5 Å². The van der Waals surface area contributed by atoms with Crippen LogP contribution in [0, 0.1) is 0 Å². The van der Waals surface area contributed by atoms with Gasteiger partial charge < -0.3 is 0 Å². The second-order valence-electron chi connectivity index (χ2n) is 7.90. The molecule has 0 aromatic rings. The molecule has 29 heavy (non-hydrogen) atoms. The Balaban J connectivity index is 4.96. The van der Waals surface area contributed by atoms with E-state index in [-0.39, 0.29) is 0 Å². The minimum absolute atomic E-state index is 0.742. The van der Waals surface area contributed by atoms with E-state index >= 15 is 4.20 Å². The van der Waals surface area contributed by atoms with Gasteiger partial charge in [0.25, 0.3) is 0 Å². The van der Waals surface area contributed by atoms with Gasteiger partial charge in [0.15, 0.2) is 0 Å². The van der Waals surface area contributed by atoms with Gasteiger partial charge in [0.05, 0.1) is 0 Å². The number of unbranched alkanes of at least 4 members (excludes halogenated alkanes) is 8. The van der Waals surface area contributed by atoms with E-state index < -0.39 is 28.5 Å². The molecule has 3 nitrogen and oxygen atoms in total. The minimum Gasteiger partial charge on any atom is -0.233 e. The molecule has 0 heterocycles. The maximum Gasteiger partial charge on any atom is 0.532 e. The van der Waals surface area contributed by atoms with Crippen LogP contribution in [0.1, 0.15) is 106 Å². The van der Waals surface area contributed by atoms with Crippen LogP contribution < -0.4 is 0 Å². The Morgan fingerprint density at radius 2 is 0.897 bits per heavy atom. The summed E-state index contributed by atoms with van der Waals surface area (Å²) in [6.45, 7) is 12.6. The number of hydrogen-bond acceptors (Lipinski definition) is 3. The molecule has 0 aliphatic heterocycles. The zero-order valence-electron chi connectivity index (χ0n) is 20.2. The molecule has 0 aromatic carbocycles. The minimum atomic E-state index is -4.55. The number of hydrogen-bond donors (Lipinski definition) is 0. The van der Waals surface area contributed by atoms with E-state index in [4.69, 9.17) is 7.94 Å². The second kappa shape index (κ2) is 16.4. The molecule has 0 saturated carbocycles. The first-order valence-electron chi connectivity index (χ1n) is 12.0. The van der Waals surface area contributed by atoms with Crippen molar-refractivity contribution in [2.24, 2.45) is 0 Å². The molecule has 0 bridgehead atoms. The fourth-order valence-electron chi connectivity index (χ4n) is 3.60. The molecular formula is C22H50FO3PS2. The lowest BCUT2D eigenvalue weighted by molar-refractivity contribution is 0.365. The largest absolute Gasteiger partial charge is 0.532 e. The van der Waals surface area contributed by atoms with Gasteiger partial charge in [-0.3, -0.25) is 0 Å². The van der Waals surface area contributed by atoms with E-state index in [0.717, 1.165) is 60.2 Å². The van der Waals surface area contributed by atoms with Gasteiger partial charge >= 0.3 is 7.91 Å². The van der Waals surface area contributed by atoms with E-state index in [2.05, 4.69) is 13.8 Å². The molecule has 0 fully saturated rings. The quantitative estimate of drug-likeness (QED) is 0.130. The van der Waals surface area contributed by atoms with Gasteiger partial charge in [-0.25, -0.2) is 12.5 Å². The van der Waals surface area contributed by atoms with E-state index in [1.54, 1.807) is 0 Å². The first kappa shape index (κ1) is 29.8. The van der Waals surface area contributed by atoms with Crippen LogP contribution in [0.5, 0.6) is 0 Å². The molecule has 7 heteroatoms. The summed E-state index contributed by atoms with van der Waals surface area (Å²) in [4.78, 5) is 0. The average Bonchev–Trinajstić information content (AvgIpc) is 2.71. The maximum absolute atomic E-state index is 15.2. The summed E-state index contributed by atoms with van der Waals surface area (Å²) in [7, 11) is -7.93. The Labute approximate surface area is 185 Å². The normalized spacial score (nSPS) is 14.3. The van der Waals surface area contributed by atoms with Crippen molar-refractivity contribution in [2.75, 3.05) is 34.5 Å². The predicted octanol–water partition coefficient (Wildman–Crippen LogP) is 9.56. The highest BCUT2D eigenvalue weighted by molar-refractivity contribution is 8.33. The number of rotatable bonds is 20. The summed E-state index contributed by atoms with van der Waals surface area (Å²) in [5.74, 6) is 4.63. The van der Waals surface area contributed by atoms with Crippen molar-refractivity contribution in [3.8, 4) is 0 Å². The molecule has 0 spiro atoms. The Morgan fingerprint density at radius 1 is 0.586 bits per heavy atom. The third kappa shape index (κ3) is 12.4. The molecule has 0 aliphatic carbocycles. The van der Waals surface area contributed by atoms with Crippen LogP contribution in [0.3, 0.4) is 0 Å². The third-order valence-corrected chi connectivity index (χ3v) is 16.1. The second-order valence-corrected chi connectivity index (χ2v) is 16.9. The molecule has 0 unspecified atom stereocenters. The molecule has 0 rings (SSSR count). The Kier molecular flexibility index (Phi) is 16.9.